The van der Waals surface area contributed by atoms with E-state index in [4.69, 9.17) is 4.74 Å². The van der Waals surface area contributed by atoms with E-state index in [0.29, 0.717) is 0 Å². The number of rotatable bonds is 5. The molecule has 0 fully saturated rings. The van der Waals surface area contributed by atoms with E-state index in [1.165, 1.54) is 26.0 Å². The quantitative estimate of drug-likeness (QED) is 0.788. The van der Waals surface area contributed by atoms with Gasteiger partial charge in [-0.3, -0.25) is 0 Å². The Morgan fingerprint density at radius 2 is 1.87 bits per heavy atom. The monoisotopic (exact) mass is 322 g/mol. The smallest absolute Gasteiger partial charge is 0.381 e. The number of halogens is 2. The van der Waals surface area contributed by atoms with E-state index in [-0.39, 0.29) is 23.9 Å². The normalized spacial score (nSPS) is 11.2. The fourth-order valence-corrected chi connectivity index (χ4v) is 1.93. The maximum absolute atomic E-state index is 14.2. The molecule has 0 bridgehead atoms. The van der Waals surface area contributed by atoms with Gasteiger partial charge in [0.25, 0.3) is 0 Å². The molecule has 0 unspecified atom stereocenters. The van der Waals surface area contributed by atoms with E-state index in [0.717, 1.165) is 11.6 Å². The second-order valence-electron chi connectivity index (χ2n) is 4.87. The zero-order valence-corrected chi connectivity index (χ0v) is 13.0. The van der Waals surface area contributed by atoms with Crippen LogP contribution in [0.25, 0.3) is 0 Å². The SMILES string of the molecule is CCOC(=O)C(F)(F)c1cccc(Oc2ncc(C)cn2)c1C. The zero-order valence-electron chi connectivity index (χ0n) is 13.0. The van der Waals surface area contributed by atoms with Gasteiger partial charge in [-0.2, -0.15) is 8.78 Å². The average molecular weight is 322 g/mol. The number of hydrogen-bond donors (Lipinski definition) is 0. The number of carbonyl (C=O) groups excluding carboxylic acids is 1. The number of esters is 1. The molecule has 1 aromatic heterocycles. The number of aryl methyl sites for hydroxylation is 1. The fourth-order valence-electron chi connectivity index (χ4n) is 1.93. The van der Waals surface area contributed by atoms with Gasteiger partial charge in [0.15, 0.2) is 0 Å². The summed E-state index contributed by atoms with van der Waals surface area (Å²) in [6, 6.07) is 4.08. The lowest BCUT2D eigenvalue weighted by Crippen LogP contribution is -2.29. The maximum atomic E-state index is 14.2. The van der Waals surface area contributed by atoms with Gasteiger partial charge in [0.2, 0.25) is 0 Å². The van der Waals surface area contributed by atoms with E-state index >= 15 is 0 Å². The van der Waals surface area contributed by atoms with Crippen molar-refractivity contribution in [2.45, 2.75) is 26.7 Å². The van der Waals surface area contributed by atoms with E-state index in [1.54, 1.807) is 12.4 Å². The second kappa shape index (κ2) is 6.68. The zero-order chi connectivity index (χ0) is 17.0. The van der Waals surface area contributed by atoms with Gasteiger partial charge in [0.1, 0.15) is 5.75 Å². The van der Waals surface area contributed by atoms with Crippen molar-refractivity contribution in [1.29, 1.82) is 0 Å². The van der Waals surface area contributed by atoms with Crippen LogP contribution in [0, 0.1) is 13.8 Å². The van der Waals surface area contributed by atoms with Gasteiger partial charge in [-0.05, 0) is 32.4 Å². The lowest BCUT2D eigenvalue weighted by molar-refractivity contribution is -0.173. The van der Waals surface area contributed by atoms with Crippen LogP contribution in [0.1, 0.15) is 23.6 Å². The van der Waals surface area contributed by atoms with Crippen molar-refractivity contribution in [2.24, 2.45) is 0 Å². The molecular weight excluding hydrogens is 306 g/mol. The molecule has 0 amide bonds. The molecular formula is C16H16F2N2O3. The fraction of sp³-hybridized carbons (Fsp3) is 0.312. The standard InChI is InChI=1S/C16H16F2N2O3/c1-4-22-14(21)16(17,18)12-6-5-7-13(11(12)3)23-15-19-8-10(2)9-20-15/h5-9H,4H2,1-3H3. The van der Waals surface area contributed by atoms with Gasteiger partial charge in [-0.1, -0.05) is 12.1 Å². The third kappa shape index (κ3) is 3.61. The lowest BCUT2D eigenvalue weighted by atomic mass is 10.0. The summed E-state index contributed by atoms with van der Waals surface area (Å²) in [5, 5.41) is 0. The van der Waals surface area contributed by atoms with Gasteiger partial charge in [0, 0.05) is 23.5 Å². The van der Waals surface area contributed by atoms with Crippen molar-refractivity contribution in [3.63, 3.8) is 0 Å². The molecule has 0 saturated heterocycles. The highest BCUT2D eigenvalue weighted by Crippen LogP contribution is 2.36. The molecule has 0 N–H and O–H groups in total. The van der Waals surface area contributed by atoms with Crippen molar-refractivity contribution in [2.75, 3.05) is 6.61 Å². The van der Waals surface area contributed by atoms with E-state index in [2.05, 4.69) is 14.7 Å². The van der Waals surface area contributed by atoms with Gasteiger partial charge in [-0.15, -0.1) is 0 Å². The highest BCUT2D eigenvalue weighted by molar-refractivity contribution is 5.80. The Bertz CT molecular complexity index is 703. The topological polar surface area (TPSA) is 61.3 Å². The summed E-state index contributed by atoms with van der Waals surface area (Å²) in [6.45, 7) is 4.59. The number of nitrogens with zero attached hydrogens (tertiary/aromatic N) is 2. The molecule has 5 nitrogen and oxygen atoms in total. The predicted octanol–water partition coefficient (Wildman–Crippen LogP) is 3.54. The van der Waals surface area contributed by atoms with E-state index < -0.39 is 17.5 Å². The Kier molecular flexibility index (Phi) is 4.88. The molecule has 7 heteroatoms. The Labute approximate surface area is 132 Å². The van der Waals surface area contributed by atoms with Gasteiger partial charge >= 0.3 is 17.9 Å². The second-order valence-corrected chi connectivity index (χ2v) is 4.87. The van der Waals surface area contributed by atoms with Crippen LogP contribution in [-0.2, 0) is 15.5 Å². The number of aromatic nitrogens is 2. The van der Waals surface area contributed by atoms with Crippen molar-refractivity contribution < 1.29 is 23.0 Å². The van der Waals surface area contributed by atoms with Crippen LogP contribution in [0.4, 0.5) is 8.78 Å². The third-order valence-electron chi connectivity index (χ3n) is 3.11. The molecule has 0 aliphatic rings. The molecule has 0 atom stereocenters. The molecule has 0 aliphatic carbocycles. The number of benzene rings is 1. The first-order chi connectivity index (χ1) is 10.9. The molecule has 0 radical (unpaired) electrons. The first-order valence-corrected chi connectivity index (χ1v) is 6.98. The Morgan fingerprint density at radius 1 is 1.22 bits per heavy atom. The number of alkyl halides is 2. The molecule has 2 rings (SSSR count). The summed E-state index contributed by atoms with van der Waals surface area (Å²) in [5.74, 6) is -5.20. The molecule has 2 aromatic rings. The van der Waals surface area contributed by atoms with Crippen LogP contribution in [0.15, 0.2) is 30.6 Å². The van der Waals surface area contributed by atoms with Crippen molar-refractivity contribution in [1.82, 2.24) is 9.97 Å². The Balaban J connectivity index is 2.34. The summed E-state index contributed by atoms with van der Waals surface area (Å²) in [6.07, 6.45) is 3.10. The van der Waals surface area contributed by atoms with Crippen molar-refractivity contribution >= 4 is 5.97 Å². The molecule has 0 spiro atoms. The molecule has 0 saturated carbocycles. The van der Waals surface area contributed by atoms with Gasteiger partial charge in [-0.25, -0.2) is 14.8 Å². The van der Waals surface area contributed by atoms with Crippen molar-refractivity contribution in [3.8, 4) is 11.8 Å². The van der Waals surface area contributed by atoms with E-state index in [9.17, 15) is 13.6 Å². The van der Waals surface area contributed by atoms with Crippen molar-refractivity contribution in [3.05, 3.63) is 47.3 Å². The highest BCUT2D eigenvalue weighted by atomic mass is 19.3. The van der Waals surface area contributed by atoms with Gasteiger partial charge < -0.3 is 9.47 Å². The number of carbonyl (C=O) groups is 1. The van der Waals surface area contributed by atoms with Gasteiger partial charge in [0.05, 0.1) is 6.61 Å². The summed E-state index contributed by atoms with van der Waals surface area (Å²) in [5.41, 5.74) is 0.493. The Hall–Kier alpha value is -2.57. The minimum absolute atomic E-state index is 0.0373. The van der Waals surface area contributed by atoms with Crippen LogP contribution in [-0.4, -0.2) is 22.5 Å². The van der Waals surface area contributed by atoms with Crippen LogP contribution < -0.4 is 4.74 Å². The summed E-state index contributed by atoms with van der Waals surface area (Å²) >= 11 is 0. The molecule has 23 heavy (non-hydrogen) atoms. The highest BCUT2D eigenvalue weighted by Gasteiger charge is 2.44. The average Bonchev–Trinajstić information content (AvgIpc) is 2.51. The predicted molar refractivity (Wildman–Crippen MR) is 78.5 cm³/mol. The third-order valence-corrected chi connectivity index (χ3v) is 3.11. The first-order valence-electron chi connectivity index (χ1n) is 6.98. The minimum atomic E-state index is -3.76. The van der Waals surface area contributed by atoms with E-state index in [1.807, 2.05) is 6.92 Å². The molecule has 1 aromatic carbocycles. The van der Waals surface area contributed by atoms with Crippen LogP contribution in [0.5, 0.6) is 11.8 Å². The number of hydrogen-bond acceptors (Lipinski definition) is 5. The summed E-state index contributed by atoms with van der Waals surface area (Å²) < 4.78 is 38.3. The first kappa shape index (κ1) is 16.8. The van der Waals surface area contributed by atoms with Crippen LogP contribution in [0.2, 0.25) is 0 Å². The maximum Gasteiger partial charge on any atom is 0.381 e. The number of ether oxygens (including phenoxy) is 2. The Morgan fingerprint density at radius 3 is 2.48 bits per heavy atom. The molecule has 0 aliphatic heterocycles. The largest absolute Gasteiger partial charge is 0.461 e. The minimum Gasteiger partial charge on any atom is -0.461 e. The lowest BCUT2D eigenvalue weighted by Gasteiger charge is -2.18. The molecule has 122 valence electrons. The van der Waals surface area contributed by atoms with Crippen LogP contribution in [0.3, 0.4) is 0 Å². The summed E-state index contributed by atoms with van der Waals surface area (Å²) in [4.78, 5) is 19.4. The molecule has 1 heterocycles. The van der Waals surface area contributed by atoms with Crippen LogP contribution >= 0.6 is 0 Å². The summed E-state index contributed by atoms with van der Waals surface area (Å²) in [7, 11) is 0.